The van der Waals surface area contributed by atoms with E-state index < -0.39 is 10.5 Å². The molecule has 0 radical (unpaired) electrons. The molecule has 1 aromatic rings. The second-order valence-corrected chi connectivity index (χ2v) is 6.07. The molecule has 1 atom stereocenters. The normalized spacial score (nSPS) is 17.5. The van der Waals surface area contributed by atoms with Crippen molar-refractivity contribution in [3.05, 3.63) is 39.9 Å². The van der Waals surface area contributed by atoms with Crippen molar-refractivity contribution >= 4 is 11.7 Å². The molecule has 1 saturated carbocycles. The van der Waals surface area contributed by atoms with Crippen molar-refractivity contribution in [2.24, 2.45) is 0 Å². The molecule has 2 rings (SSSR count). The molecule has 0 aliphatic heterocycles. The molecule has 7 heteroatoms. The molecule has 126 valence electrons. The Balaban J connectivity index is 1.94. The van der Waals surface area contributed by atoms with Crippen LogP contribution in [0.2, 0.25) is 0 Å². The van der Waals surface area contributed by atoms with Crippen molar-refractivity contribution in [3.8, 4) is 0 Å². The van der Waals surface area contributed by atoms with E-state index in [1.54, 1.807) is 12.1 Å². The van der Waals surface area contributed by atoms with Gasteiger partial charge in [-0.3, -0.25) is 10.1 Å². The average molecular weight is 321 g/mol. The van der Waals surface area contributed by atoms with Gasteiger partial charge < -0.3 is 15.7 Å². The summed E-state index contributed by atoms with van der Waals surface area (Å²) in [5, 5.41) is 26.6. The highest BCUT2D eigenvalue weighted by Gasteiger charge is 2.31. The summed E-state index contributed by atoms with van der Waals surface area (Å²) in [5.41, 5.74) is -0.107. The van der Waals surface area contributed by atoms with Crippen molar-refractivity contribution in [1.82, 2.24) is 10.6 Å². The second-order valence-electron chi connectivity index (χ2n) is 6.07. The summed E-state index contributed by atoms with van der Waals surface area (Å²) in [5.74, 6) is 0. The van der Waals surface area contributed by atoms with Gasteiger partial charge in [0, 0.05) is 18.7 Å². The molecule has 0 heterocycles. The third kappa shape index (κ3) is 4.66. The highest BCUT2D eigenvalue weighted by molar-refractivity contribution is 5.74. The van der Waals surface area contributed by atoms with E-state index in [2.05, 4.69) is 10.6 Å². The molecular formula is C16H23N3O4. The van der Waals surface area contributed by atoms with Gasteiger partial charge in [0.2, 0.25) is 0 Å². The first-order valence-corrected chi connectivity index (χ1v) is 7.94. The monoisotopic (exact) mass is 321 g/mol. The Morgan fingerprint density at radius 1 is 1.43 bits per heavy atom. The molecule has 0 spiro atoms. The van der Waals surface area contributed by atoms with Crippen molar-refractivity contribution in [2.75, 3.05) is 6.54 Å². The zero-order valence-electron chi connectivity index (χ0n) is 13.2. The first kappa shape index (κ1) is 17.2. The van der Waals surface area contributed by atoms with Crippen LogP contribution in [0.5, 0.6) is 0 Å². The third-order valence-corrected chi connectivity index (χ3v) is 4.31. The van der Waals surface area contributed by atoms with Gasteiger partial charge >= 0.3 is 6.03 Å². The number of hydrogen-bond acceptors (Lipinski definition) is 4. The van der Waals surface area contributed by atoms with Gasteiger partial charge in [-0.15, -0.1) is 0 Å². The maximum atomic E-state index is 12.0. The van der Waals surface area contributed by atoms with Gasteiger partial charge in [-0.05, 0) is 24.8 Å². The highest BCUT2D eigenvalue weighted by Crippen LogP contribution is 2.28. The Hall–Kier alpha value is -2.15. The van der Waals surface area contributed by atoms with Crippen LogP contribution in [0.3, 0.4) is 0 Å². The molecule has 1 aliphatic rings. The first-order chi connectivity index (χ1) is 10.9. The van der Waals surface area contributed by atoms with E-state index in [4.69, 9.17) is 0 Å². The summed E-state index contributed by atoms with van der Waals surface area (Å²) in [6, 6.07) is 5.57. The van der Waals surface area contributed by atoms with Gasteiger partial charge in [0.25, 0.3) is 5.69 Å². The number of amides is 2. The topological polar surface area (TPSA) is 104 Å². The number of nitro benzene ring substituents is 1. The molecule has 1 aromatic carbocycles. The Morgan fingerprint density at radius 2 is 2.13 bits per heavy atom. The van der Waals surface area contributed by atoms with Gasteiger partial charge in [0.15, 0.2) is 0 Å². The number of nitro groups is 1. The van der Waals surface area contributed by atoms with Gasteiger partial charge in [0.1, 0.15) is 0 Å². The van der Waals surface area contributed by atoms with E-state index in [-0.39, 0.29) is 24.3 Å². The minimum absolute atomic E-state index is 0.00317. The molecule has 3 N–H and O–H groups in total. The molecule has 0 bridgehead atoms. The number of urea groups is 1. The van der Waals surface area contributed by atoms with Crippen LogP contribution in [0.4, 0.5) is 10.5 Å². The summed E-state index contributed by atoms with van der Waals surface area (Å²) >= 11 is 0. The zero-order valence-corrected chi connectivity index (χ0v) is 13.2. The predicted molar refractivity (Wildman–Crippen MR) is 86.1 cm³/mol. The fourth-order valence-electron chi connectivity index (χ4n) is 2.94. The van der Waals surface area contributed by atoms with Crippen LogP contribution in [0.15, 0.2) is 24.3 Å². The fraction of sp³-hybridized carbons (Fsp3) is 0.562. The van der Waals surface area contributed by atoms with Crippen LogP contribution in [0, 0.1) is 10.1 Å². The molecule has 1 unspecified atom stereocenters. The second kappa shape index (κ2) is 7.41. The number of carbonyl (C=O) groups is 1. The number of nitrogens with one attached hydrogen (secondary N) is 2. The van der Waals surface area contributed by atoms with Crippen molar-refractivity contribution < 1.29 is 14.8 Å². The minimum Gasteiger partial charge on any atom is -0.388 e. The van der Waals surface area contributed by atoms with Gasteiger partial charge in [-0.1, -0.05) is 31.9 Å². The SMILES string of the molecule is CCC(NC(=O)NCC1(O)CCCC1)c1cccc([N+](=O)[O-])c1. The maximum absolute atomic E-state index is 12.0. The molecule has 0 saturated heterocycles. The molecule has 1 aliphatic carbocycles. The lowest BCUT2D eigenvalue weighted by atomic mass is 10.0. The molecule has 2 amide bonds. The molecule has 7 nitrogen and oxygen atoms in total. The lowest BCUT2D eigenvalue weighted by Crippen LogP contribution is -2.45. The van der Waals surface area contributed by atoms with Crippen LogP contribution >= 0.6 is 0 Å². The summed E-state index contributed by atoms with van der Waals surface area (Å²) in [7, 11) is 0. The number of aliphatic hydroxyl groups is 1. The number of non-ortho nitro benzene ring substituents is 1. The minimum atomic E-state index is -0.801. The Labute approximate surface area is 135 Å². The maximum Gasteiger partial charge on any atom is 0.315 e. The van der Waals surface area contributed by atoms with Gasteiger partial charge in [-0.2, -0.15) is 0 Å². The molecule has 0 aromatic heterocycles. The number of nitrogens with zero attached hydrogens (tertiary/aromatic N) is 1. The van der Waals surface area contributed by atoms with E-state index in [0.29, 0.717) is 24.8 Å². The Bertz CT molecular complexity index is 570. The summed E-state index contributed by atoms with van der Waals surface area (Å²) in [4.78, 5) is 22.4. The van der Waals surface area contributed by atoms with Gasteiger partial charge in [-0.25, -0.2) is 4.79 Å². The van der Waals surface area contributed by atoms with Gasteiger partial charge in [0.05, 0.1) is 16.6 Å². The molecule has 23 heavy (non-hydrogen) atoms. The van der Waals surface area contributed by atoms with Crippen LogP contribution in [-0.2, 0) is 0 Å². The summed E-state index contributed by atoms with van der Waals surface area (Å²) in [6.45, 7) is 2.12. The quantitative estimate of drug-likeness (QED) is 0.553. The molecular weight excluding hydrogens is 298 g/mol. The smallest absolute Gasteiger partial charge is 0.315 e. The zero-order chi connectivity index (χ0) is 16.9. The van der Waals surface area contributed by atoms with E-state index >= 15 is 0 Å². The van der Waals surface area contributed by atoms with Crippen LogP contribution < -0.4 is 10.6 Å². The lowest BCUT2D eigenvalue weighted by molar-refractivity contribution is -0.384. The number of hydrogen-bond donors (Lipinski definition) is 3. The van der Waals surface area contributed by atoms with E-state index in [0.717, 1.165) is 12.8 Å². The third-order valence-electron chi connectivity index (χ3n) is 4.31. The van der Waals surface area contributed by atoms with E-state index in [1.165, 1.54) is 12.1 Å². The van der Waals surface area contributed by atoms with E-state index in [1.807, 2.05) is 6.92 Å². The van der Waals surface area contributed by atoms with Crippen LogP contribution in [0.1, 0.15) is 50.6 Å². The fourth-order valence-corrected chi connectivity index (χ4v) is 2.94. The van der Waals surface area contributed by atoms with Crippen molar-refractivity contribution in [1.29, 1.82) is 0 Å². The summed E-state index contributed by atoms with van der Waals surface area (Å²) in [6.07, 6.45) is 3.97. The molecule has 1 fully saturated rings. The number of carbonyl (C=O) groups excluding carboxylic acids is 1. The lowest BCUT2D eigenvalue weighted by Gasteiger charge is -2.24. The summed E-state index contributed by atoms with van der Waals surface area (Å²) < 4.78 is 0. The van der Waals surface area contributed by atoms with Crippen molar-refractivity contribution in [3.63, 3.8) is 0 Å². The number of benzene rings is 1. The van der Waals surface area contributed by atoms with Crippen LogP contribution in [0.25, 0.3) is 0 Å². The average Bonchev–Trinajstić information content (AvgIpc) is 2.98. The van der Waals surface area contributed by atoms with Crippen molar-refractivity contribution in [2.45, 2.75) is 50.7 Å². The largest absolute Gasteiger partial charge is 0.388 e. The van der Waals surface area contributed by atoms with E-state index in [9.17, 15) is 20.0 Å². The number of rotatable bonds is 6. The first-order valence-electron chi connectivity index (χ1n) is 7.94. The Kier molecular flexibility index (Phi) is 5.54. The standard InChI is InChI=1S/C16H23N3O4/c1-2-14(12-6-5-7-13(10-12)19(22)23)18-15(20)17-11-16(21)8-3-4-9-16/h5-7,10,14,21H,2-4,8-9,11H2,1H3,(H2,17,18,20). The van der Waals surface area contributed by atoms with Crippen LogP contribution in [-0.4, -0.2) is 28.2 Å². The Morgan fingerprint density at radius 3 is 2.74 bits per heavy atom. The predicted octanol–water partition coefficient (Wildman–Crippen LogP) is 2.65. The highest BCUT2D eigenvalue weighted by atomic mass is 16.6.